The van der Waals surface area contributed by atoms with Gasteiger partial charge in [-0.25, -0.2) is 0 Å². The Kier molecular flexibility index (Phi) is 9.73. The number of aromatic nitrogens is 3. The van der Waals surface area contributed by atoms with Crippen LogP contribution in [-0.2, 0) is 0 Å². The first-order valence-electron chi connectivity index (χ1n) is 15.7. The lowest BCUT2D eigenvalue weighted by atomic mass is 9.91. The first kappa shape index (κ1) is 32.4. The molecule has 0 aliphatic carbocycles. The molecular weight excluding hydrogens is 570 g/mol. The van der Waals surface area contributed by atoms with E-state index >= 15 is 0 Å². The smallest absolute Gasteiger partial charge is 0.259 e. The molecule has 13 nitrogen and oxygen atoms in total. The lowest BCUT2D eigenvalue weighted by Gasteiger charge is -2.37. The highest BCUT2D eigenvalue weighted by Gasteiger charge is 2.29. The summed E-state index contributed by atoms with van der Waals surface area (Å²) in [5.74, 6) is 1.23. The number of phenols is 1. The quantitative estimate of drug-likeness (QED) is 0.194. The van der Waals surface area contributed by atoms with E-state index in [1.54, 1.807) is 18.2 Å². The van der Waals surface area contributed by atoms with Gasteiger partial charge in [-0.1, -0.05) is 33.8 Å². The van der Waals surface area contributed by atoms with Gasteiger partial charge >= 0.3 is 0 Å². The summed E-state index contributed by atoms with van der Waals surface area (Å²) < 4.78 is 0. The second-order valence-corrected chi connectivity index (χ2v) is 13.1. The van der Waals surface area contributed by atoms with Crippen molar-refractivity contribution in [1.29, 1.82) is 0 Å². The predicted molar refractivity (Wildman–Crippen MR) is 179 cm³/mol. The molecule has 45 heavy (non-hydrogen) atoms. The fourth-order valence-electron chi connectivity index (χ4n) is 5.97. The van der Waals surface area contributed by atoms with Crippen LogP contribution in [-0.4, -0.2) is 76.3 Å². The maximum atomic E-state index is 13.3. The first-order valence-corrected chi connectivity index (χ1v) is 15.7. The number of carbonyl (C=O) groups is 1. The van der Waals surface area contributed by atoms with Gasteiger partial charge in [0.15, 0.2) is 0 Å². The summed E-state index contributed by atoms with van der Waals surface area (Å²) in [5, 5.41) is 17.1. The zero-order valence-corrected chi connectivity index (χ0v) is 26.6. The van der Waals surface area contributed by atoms with Gasteiger partial charge in [0.25, 0.3) is 5.91 Å². The van der Waals surface area contributed by atoms with Crippen LogP contribution < -0.4 is 43.4 Å². The Balaban J connectivity index is 1.37. The number of hydrogen-bond donors (Lipinski definition) is 7. The zero-order valence-electron chi connectivity index (χ0n) is 26.6. The molecule has 2 aliphatic heterocycles. The molecule has 2 saturated heterocycles. The number of rotatable bonds is 8. The van der Waals surface area contributed by atoms with Gasteiger partial charge < -0.3 is 48.5 Å². The number of nitrogens with two attached hydrogens (primary N) is 4. The zero-order chi connectivity index (χ0) is 32.4. The van der Waals surface area contributed by atoms with Crippen molar-refractivity contribution < 1.29 is 9.90 Å². The van der Waals surface area contributed by atoms with Crippen LogP contribution in [0.2, 0.25) is 0 Å². The monoisotopic (exact) mass is 617 g/mol. The average Bonchev–Trinajstić information content (AvgIpc) is 2.97. The van der Waals surface area contributed by atoms with Gasteiger partial charge in [0.2, 0.25) is 17.8 Å². The summed E-state index contributed by atoms with van der Waals surface area (Å²) in [6, 6.07) is 10.6. The third kappa shape index (κ3) is 7.79. The largest absolute Gasteiger partial charge is 0.507 e. The molecule has 0 spiro atoms. The van der Waals surface area contributed by atoms with Crippen LogP contribution in [0.5, 0.6) is 5.75 Å². The van der Waals surface area contributed by atoms with Crippen molar-refractivity contribution in [3.05, 3.63) is 53.1 Å². The molecule has 3 aromatic rings. The molecule has 2 aliphatic rings. The molecule has 5 rings (SSSR count). The molecule has 13 heteroatoms. The van der Waals surface area contributed by atoms with Gasteiger partial charge in [0.1, 0.15) is 5.75 Å². The van der Waals surface area contributed by atoms with E-state index in [2.05, 4.69) is 24.5 Å². The van der Waals surface area contributed by atoms with E-state index in [4.69, 9.17) is 37.9 Å². The molecule has 242 valence electrons. The van der Waals surface area contributed by atoms with Crippen molar-refractivity contribution in [3.63, 3.8) is 0 Å². The predicted octanol–water partition coefficient (Wildman–Crippen LogP) is 2.55. The maximum absolute atomic E-state index is 13.3. The minimum Gasteiger partial charge on any atom is -0.507 e. The Labute approximate surface area is 264 Å². The van der Waals surface area contributed by atoms with E-state index in [9.17, 15) is 9.90 Å². The van der Waals surface area contributed by atoms with Crippen LogP contribution in [0.3, 0.4) is 0 Å². The molecule has 2 fully saturated rings. The minimum atomic E-state index is -0.375. The number of carbonyl (C=O) groups excluding carboxylic acids is 1. The maximum Gasteiger partial charge on any atom is 0.259 e. The Hall–Kier alpha value is -4.04. The summed E-state index contributed by atoms with van der Waals surface area (Å²) in [4.78, 5) is 31.5. The Morgan fingerprint density at radius 2 is 1.27 bits per heavy atom. The Morgan fingerprint density at radius 3 is 1.73 bits per heavy atom. The lowest BCUT2D eigenvalue weighted by Crippen LogP contribution is -2.54. The fraction of sp³-hybridized carbons (Fsp3) is 0.500. The van der Waals surface area contributed by atoms with E-state index in [1.807, 2.05) is 41.8 Å². The molecule has 3 heterocycles. The number of benzene rings is 2. The summed E-state index contributed by atoms with van der Waals surface area (Å²) in [7, 11) is 0. The number of phenolic OH excluding ortho intramolecular Hbond substituents is 1. The molecule has 11 N–H and O–H groups in total. The van der Waals surface area contributed by atoms with Crippen LogP contribution in [0.1, 0.15) is 73.9 Å². The third-order valence-corrected chi connectivity index (χ3v) is 8.30. The topological polar surface area (TPSA) is 211 Å². The summed E-state index contributed by atoms with van der Waals surface area (Å²) in [5.41, 5.74) is 28.4. The molecule has 0 radical (unpaired) electrons. The van der Waals surface area contributed by atoms with Gasteiger partial charge in [-0.2, -0.15) is 15.0 Å². The standard InChI is InChI=1S/C32H47N11O2/c1-17(2)19-9-26(18(3)4)28(44)27(10-19)29(45)37-24-5-7-25(8-6-24)38-30-39-31(42-13-20(33)11-21(34)14-42)41-32(40-30)43-15-22(35)12-23(36)16-43/h5-10,17-18,20-23,44H,11-16,33-36H2,1-4H3,(H,37,45)(H,38,39,40,41)/t20-,21+,22-,23+. The van der Waals surface area contributed by atoms with Gasteiger partial charge in [0.05, 0.1) is 5.56 Å². The van der Waals surface area contributed by atoms with E-state index in [0.29, 0.717) is 55.4 Å². The van der Waals surface area contributed by atoms with Gasteiger partial charge in [-0.15, -0.1) is 0 Å². The highest BCUT2D eigenvalue weighted by Crippen LogP contribution is 2.34. The van der Waals surface area contributed by atoms with Gasteiger partial charge in [0, 0.05) is 61.7 Å². The number of aromatic hydroxyl groups is 1. The highest BCUT2D eigenvalue weighted by atomic mass is 16.3. The summed E-state index contributed by atoms with van der Waals surface area (Å²) in [6.07, 6.45) is 1.47. The van der Waals surface area contributed by atoms with Crippen LogP contribution in [0.25, 0.3) is 0 Å². The van der Waals surface area contributed by atoms with Crippen molar-refractivity contribution in [2.24, 2.45) is 22.9 Å². The molecule has 2 aromatic carbocycles. The average molecular weight is 618 g/mol. The van der Waals surface area contributed by atoms with Gasteiger partial charge in [-0.3, -0.25) is 4.79 Å². The van der Waals surface area contributed by atoms with Crippen molar-refractivity contribution in [2.45, 2.75) is 76.5 Å². The molecule has 1 aromatic heterocycles. The molecule has 0 bridgehead atoms. The molecule has 0 saturated carbocycles. The molecule has 1 amide bonds. The second-order valence-electron chi connectivity index (χ2n) is 13.1. The summed E-state index contributed by atoms with van der Waals surface area (Å²) >= 11 is 0. The molecular formula is C32H47N11O2. The first-order chi connectivity index (χ1) is 21.4. The number of hydrogen-bond acceptors (Lipinski definition) is 12. The van der Waals surface area contributed by atoms with Crippen LogP contribution in [0.4, 0.5) is 29.2 Å². The second kappa shape index (κ2) is 13.5. The van der Waals surface area contributed by atoms with E-state index in [1.165, 1.54) is 0 Å². The fourth-order valence-corrected chi connectivity index (χ4v) is 5.97. The van der Waals surface area contributed by atoms with Crippen molar-refractivity contribution in [2.75, 3.05) is 46.6 Å². The van der Waals surface area contributed by atoms with Crippen molar-refractivity contribution in [3.8, 4) is 5.75 Å². The lowest BCUT2D eigenvalue weighted by molar-refractivity contribution is 0.102. The highest BCUT2D eigenvalue weighted by molar-refractivity contribution is 6.06. The third-order valence-electron chi connectivity index (χ3n) is 8.30. The number of nitrogens with zero attached hydrogens (tertiary/aromatic N) is 5. The van der Waals surface area contributed by atoms with E-state index in [-0.39, 0.29) is 53.2 Å². The Morgan fingerprint density at radius 1 is 0.778 bits per heavy atom. The number of anilines is 5. The van der Waals surface area contributed by atoms with E-state index < -0.39 is 0 Å². The van der Waals surface area contributed by atoms with Crippen molar-refractivity contribution >= 4 is 35.1 Å². The molecule has 0 unspecified atom stereocenters. The van der Waals surface area contributed by atoms with Crippen molar-refractivity contribution in [1.82, 2.24) is 15.0 Å². The molecule has 4 atom stereocenters. The van der Waals surface area contributed by atoms with Crippen LogP contribution in [0.15, 0.2) is 36.4 Å². The summed E-state index contributed by atoms with van der Waals surface area (Å²) in [6.45, 7) is 10.5. The normalized spacial score (nSPS) is 22.2. The number of piperidine rings is 2. The number of nitrogens with one attached hydrogen (secondary N) is 2. The number of amides is 1. The van der Waals surface area contributed by atoms with Crippen LogP contribution >= 0.6 is 0 Å². The van der Waals surface area contributed by atoms with Gasteiger partial charge in [-0.05, 0) is 66.1 Å². The minimum absolute atomic E-state index is 0.0119. The Bertz CT molecular complexity index is 1430. The van der Waals surface area contributed by atoms with E-state index in [0.717, 1.165) is 24.0 Å². The van der Waals surface area contributed by atoms with Crippen LogP contribution in [0, 0.1) is 0 Å². The SMILES string of the molecule is CC(C)c1cc(C(=O)Nc2ccc(Nc3nc(N4C[C@H](N)C[C@H](N)C4)nc(N4C[C@H](N)C[C@H](N)C4)n3)cc2)c(O)c(C(C)C)c1.